The molecule has 5 nitrogen and oxygen atoms in total. The standard InChI is InChI=1S/C13H13Br2NO4/c1-19-13(18)11-7-20-5-4-16(11)12(17)9-3-2-8(14)6-10(9)15/h2-3,6,11H,4-5,7H2,1H3. The fourth-order valence-corrected chi connectivity index (χ4v) is 3.21. The number of esters is 1. The van der Waals surface area contributed by atoms with Crippen molar-refractivity contribution in [3.8, 4) is 0 Å². The lowest BCUT2D eigenvalue weighted by Crippen LogP contribution is -2.53. The van der Waals surface area contributed by atoms with E-state index in [0.717, 1.165) is 4.47 Å². The minimum atomic E-state index is -0.697. The summed E-state index contributed by atoms with van der Waals surface area (Å²) in [7, 11) is 1.30. The average molecular weight is 407 g/mol. The molecule has 1 aromatic carbocycles. The Bertz CT molecular complexity index is 535. The molecule has 20 heavy (non-hydrogen) atoms. The van der Waals surface area contributed by atoms with Crippen LogP contribution in [0.15, 0.2) is 27.1 Å². The second-order valence-corrected chi connectivity index (χ2v) is 6.01. The Labute approximate surface area is 133 Å². The highest BCUT2D eigenvalue weighted by Crippen LogP contribution is 2.24. The zero-order chi connectivity index (χ0) is 14.7. The number of benzene rings is 1. The third-order valence-electron chi connectivity index (χ3n) is 3.02. The number of nitrogens with zero attached hydrogens (tertiary/aromatic N) is 1. The lowest BCUT2D eigenvalue weighted by atomic mass is 10.1. The highest BCUT2D eigenvalue weighted by molar-refractivity contribution is 9.11. The Kier molecular flexibility index (Phi) is 5.17. The maximum absolute atomic E-state index is 12.6. The molecule has 1 fully saturated rings. The molecule has 1 atom stereocenters. The van der Waals surface area contributed by atoms with Gasteiger partial charge in [-0.3, -0.25) is 4.79 Å². The summed E-state index contributed by atoms with van der Waals surface area (Å²) in [6, 6.07) is 4.59. The van der Waals surface area contributed by atoms with E-state index in [-0.39, 0.29) is 12.5 Å². The predicted molar refractivity (Wildman–Crippen MR) is 79.5 cm³/mol. The van der Waals surface area contributed by atoms with Gasteiger partial charge in [0.2, 0.25) is 0 Å². The van der Waals surface area contributed by atoms with Crippen LogP contribution in [0.25, 0.3) is 0 Å². The van der Waals surface area contributed by atoms with Crippen LogP contribution in [0.3, 0.4) is 0 Å². The largest absolute Gasteiger partial charge is 0.467 e. The summed E-state index contributed by atoms with van der Waals surface area (Å²) < 4.78 is 11.5. The van der Waals surface area contributed by atoms with Crippen LogP contribution in [0.4, 0.5) is 0 Å². The van der Waals surface area contributed by atoms with Gasteiger partial charge in [-0.15, -0.1) is 0 Å². The number of carbonyl (C=O) groups excluding carboxylic acids is 2. The van der Waals surface area contributed by atoms with Crippen molar-refractivity contribution in [1.29, 1.82) is 0 Å². The Morgan fingerprint density at radius 1 is 1.40 bits per heavy atom. The summed E-state index contributed by atoms with van der Waals surface area (Å²) in [6.45, 7) is 0.932. The Morgan fingerprint density at radius 3 is 2.80 bits per heavy atom. The van der Waals surface area contributed by atoms with Gasteiger partial charge in [0.15, 0.2) is 6.04 Å². The van der Waals surface area contributed by atoms with Crippen LogP contribution in [0, 0.1) is 0 Å². The van der Waals surface area contributed by atoms with E-state index < -0.39 is 12.0 Å². The molecule has 0 aliphatic carbocycles. The molecule has 1 saturated heterocycles. The summed E-state index contributed by atoms with van der Waals surface area (Å²) >= 11 is 6.70. The second-order valence-electron chi connectivity index (χ2n) is 4.24. The maximum Gasteiger partial charge on any atom is 0.331 e. The van der Waals surface area contributed by atoms with Crippen molar-refractivity contribution in [3.05, 3.63) is 32.7 Å². The first-order chi connectivity index (χ1) is 9.54. The normalized spacial score (nSPS) is 18.8. The van der Waals surface area contributed by atoms with Crippen LogP contribution in [0.5, 0.6) is 0 Å². The lowest BCUT2D eigenvalue weighted by Gasteiger charge is -2.33. The number of hydrogen-bond acceptors (Lipinski definition) is 4. The van der Waals surface area contributed by atoms with Crippen molar-refractivity contribution in [2.24, 2.45) is 0 Å². The van der Waals surface area contributed by atoms with Crippen LogP contribution in [0.1, 0.15) is 10.4 Å². The molecule has 1 aliphatic rings. The number of hydrogen-bond donors (Lipinski definition) is 0. The van der Waals surface area contributed by atoms with Gasteiger partial charge in [0, 0.05) is 15.5 Å². The Morgan fingerprint density at radius 2 is 2.15 bits per heavy atom. The lowest BCUT2D eigenvalue weighted by molar-refractivity contribution is -0.151. The van der Waals surface area contributed by atoms with E-state index in [2.05, 4.69) is 31.9 Å². The Balaban J connectivity index is 2.27. The number of rotatable bonds is 2. The smallest absolute Gasteiger partial charge is 0.331 e. The molecule has 1 amide bonds. The number of morpholine rings is 1. The molecule has 1 unspecified atom stereocenters. The molecule has 0 N–H and O–H groups in total. The second kappa shape index (κ2) is 6.69. The molecule has 7 heteroatoms. The fraction of sp³-hybridized carbons (Fsp3) is 0.385. The van der Waals surface area contributed by atoms with E-state index in [9.17, 15) is 9.59 Å². The number of halogens is 2. The van der Waals surface area contributed by atoms with E-state index in [1.54, 1.807) is 18.2 Å². The van der Waals surface area contributed by atoms with E-state index in [0.29, 0.717) is 23.2 Å². The molecule has 0 saturated carbocycles. The van der Waals surface area contributed by atoms with E-state index >= 15 is 0 Å². The van der Waals surface area contributed by atoms with Crippen molar-refractivity contribution < 1.29 is 19.1 Å². The maximum atomic E-state index is 12.6. The number of ether oxygens (including phenoxy) is 2. The first-order valence-electron chi connectivity index (χ1n) is 5.96. The quantitative estimate of drug-likeness (QED) is 0.706. The molecular weight excluding hydrogens is 394 g/mol. The summed E-state index contributed by atoms with van der Waals surface area (Å²) in [5.74, 6) is -0.686. The number of amides is 1. The molecular formula is C13H13Br2NO4. The van der Waals surface area contributed by atoms with Crippen molar-refractivity contribution in [2.45, 2.75) is 6.04 Å². The highest BCUT2D eigenvalue weighted by Gasteiger charge is 2.34. The molecule has 1 aliphatic heterocycles. The van der Waals surface area contributed by atoms with Gasteiger partial charge in [0.25, 0.3) is 5.91 Å². The van der Waals surface area contributed by atoms with Crippen molar-refractivity contribution in [2.75, 3.05) is 26.9 Å². The monoisotopic (exact) mass is 405 g/mol. The molecule has 1 heterocycles. The van der Waals surface area contributed by atoms with Gasteiger partial charge in [-0.1, -0.05) is 15.9 Å². The third kappa shape index (κ3) is 3.21. The van der Waals surface area contributed by atoms with Gasteiger partial charge in [-0.05, 0) is 34.1 Å². The summed E-state index contributed by atoms with van der Waals surface area (Å²) in [5.41, 5.74) is 0.504. The third-order valence-corrected chi connectivity index (χ3v) is 4.17. The van der Waals surface area contributed by atoms with Gasteiger partial charge >= 0.3 is 5.97 Å². The number of carbonyl (C=O) groups is 2. The van der Waals surface area contributed by atoms with Crippen molar-refractivity contribution in [3.63, 3.8) is 0 Å². The Hall–Kier alpha value is -0.920. The molecule has 0 radical (unpaired) electrons. The van der Waals surface area contributed by atoms with Crippen LogP contribution >= 0.6 is 31.9 Å². The van der Waals surface area contributed by atoms with Gasteiger partial charge < -0.3 is 14.4 Å². The first kappa shape index (κ1) is 15.5. The summed E-state index contributed by atoms with van der Waals surface area (Å²) in [4.78, 5) is 25.8. The van der Waals surface area contributed by atoms with Gasteiger partial charge in [0.1, 0.15) is 0 Å². The topological polar surface area (TPSA) is 55.8 Å². The predicted octanol–water partition coefficient (Wildman–Crippen LogP) is 2.23. The molecule has 2 rings (SSSR count). The SMILES string of the molecule is COC(=O)C1COCCN1C(=O)c1ccc(Br)cc1Br. The average Bonchev–Trinajstić information content (AvgIpc) is 2.46. The minimum absolute atomic E-state index is 0.159. The first-order valence-corrected chi connectivity index (χ1v) is 7.54. The molecule has 0 aromatic heterocycles. The van der Waals surface area contributed by atoms with Crippen LogP contribution in [-0.2, 0) is 14.3 Å². The minimum Gasteiger partial charge on any atom is -0.467 e. The zero-order valence-electron chi connectivity index (χ0n) is 10.8. The van der Waals surface area contributed by atoms with E-state index in [1.807, 2.05) is 0 Å². The van der Waals surface area contributed by atoms with Crippen molar-refractivity contribution >= 4 is 43.7 Å². The van der Waals surface area contributed by atoms with Crippen LogP contribution in [0.2, 0.25) is 0 Å². The van der Waals surface area contributed by atoms with Gasteiger partial charge in [-0.25, -0.2) is 4.79 Å². The molecule has 0 spiro atoms. The fourth-order valence-electron chi connectivity index (χ4n) is 2.00. The van der Waals surface area contributed by atoms with E-state index in [1.165, 1.54) is 12.0 Å². The highest BCUT2D eigenvalue weighted by atomic mass is 79.9. The molecule has 108 valence electrons. The van der Waals surface area contributed by atoms with Gasteiger partial charge in [-0.2, -0.15) is 0 Å². The van der Waals surface area contributed by atoms with Crippen LogP contribution in [-0.4, -0.2) is 49.7 Å². The van der Waals surface area contributed by atoms with Crippen LogP contribution < -0.4 is 0 Å². The zero-order valence-corrected chi connectivity index (χ0v) is 13.9. The molecule has 0 bridgehead atoms. The summed E-state index contributed by atoms with van der Waals surface area (Å²) in [6.07, 6.45) is 0. The van der Waals surface area contributed by atoms with Crippen molar-refractivity contribution in [1.82, 2.24) is 4.90 Å². The number of methoxy groups -OCH3 is 1. The molecule has 1 aromatic rings. The van der Waals surface area contributed by atoms with E-state index in [4.69, 9.17) is 9.47 Å². The van der Waals surface area contributed by atoms with Gasteiger partial charge in [0.05, 0.1) is 25.9 Å². The summed E-state index contributed by atoms with van der Waals surface area (Å²) in [5, 5.41) is 0.